The third-order valence-corrected chi connectivity index (χ3v) is 10.1. The summed E-state index contributed by atoms with van der Waals surface area (Å²) in [7, 11) is -2.26. The first kappa shape index (κ1) is 30.6. The lowest BCUT2D eigenvalue weighted by Crippen LogP contribution is -2.50. The lowest BCUT2D eigenvalue weighted by Gasteiger charge is -2.33. The van der Waals surface area contributed by atoms with Crippen LogP contribution in [0.1, 0.15) is 22.8 Å². The lowest BCUT2D eigenvalue weighted by molar-refractivity contribution is 0.0933. The molecular weight excluding hydrogens is 658 g/mol. The number of hydrazone groups is 1. The molecule has 224 valence electrons. The highest BCUT2D eigenvalue weighted by molar-refractivity contribution is 9.10. The van der Waals surface area contributed by atoms with E-state index in [-0.39, 0.29) is 43.2 Å². The number of piperazine rings is 1. The van der Waals surface area contributed by atoms with Crippen LogP contribution in [0.3, 0.4) is 0 Å². The maximum absolute atomic E-state index is 13.8. The van der Waals surface area contributed by atoms with E-state index < -0.39 is 22.0 Å². The quantitative estimate of drug-likeness (QED) is 0.184. The van der Waals surface area contributed by atoms with E-state index in [2.05, 4.69) is 26.0 Å². The van der Waals surface area contributed by atoms with E-state index in [1.165, 1.54) is 49.8 Å². The number of amides is 2. The molecule has 0 spiro atoms. The minimum absolute atomic E-state index is 0.0469. The van der Waals surface area contributed by atoms with Gasteiger partial charge >= 0.3 is 6.09 Å². The van der Waals surface area contributed by atoms with Gasteiger partial charge in [0, 0.05) is 36.2 Å². The van der Waals surface area contributed by atoms with Crippen molar-refractivity contribution in [1.82, 2.24) is 14.2 Å². The summed E-state index contributed by atoms with van der Waals surface area (Å²) in [5.74, 6) is 0.185. The Morgan fingerprint density at radius 1 is 1.05 bits per heavy atom. The third-order valence-electron chi connectivity index (χ3n) is 6.65. The van der Waals surface area contributed by atoms with E-state index in [4.69, 9.17) is 9.47 Å². The number of hydrogen-bond acceptors (Lipinski definition) is 9. The summed E-state index contributed by atoms with van der Waals surface area (Å²) in [5.41, 5.74) is 1.69. The molecule has 2 heterocycles. The summed E-state index contributed by atoms with van der Waals surface area (Å²) in [6, 6.07) is 18.6. The minimum atomic E-state index is -3.84. The van der Waals surface area contributed by atoms with E-state index in [9.17, 15) is 18.0 Å². The van der Waals surface area contributed by atoms with Crippen molar-refractivity contribution in [3.8, 4) is 5.75 Å². The van der Waals surface area contributed by atoms with Crippen LogP contribution >= 0.6 is 27.3 Å². The van der Waals surface area contributed by atoms with Crippen LogP contribution in [0.25, 0.3) is 10.2 Å². The number of carbonyl (C=O) groups excluding carboxylic acids is 2. The normalized spacial score (nSPS) is 14.3. The first-order valence-corrected chi connectivity index (χ1v) is 16.3. The average molecular weight is 687 g/mol. The first-order chi connectivity index (χ1) is 20.7. The zero-order valence-corrected chi connectivity index (χ0v) is 26.6. The topological polar surface area (TPSA) is 122 Å². The molecule has 0 unspecified atom stereocenters. The second kappa shape index (κ2) is 13.2. The molecule has 0 saturated carbocycles. The largest absolute Gasteiger partial charge is 0.497 e. The van der Waals surface area contributed by atoms with Crippen LogP contribution in [-0.4, -0.2) is 80.7 Å². The van der Waals surface area contributed by atoms with Gasteiger partial charge in [-0.15, -0.1) is 0 Å². The van der Waals surface area contributed by atoms with Gasteiger partial charge in [-0.25, -0.2) is 18.2 Å². The van der Waals surface area contributed by atoms with Gasteiger partial charge in [0.15, 0.2) is 0 Å². The Kier molecular flexibility index (Phi) is 9.40. The molecule has 1 saturated heterocycles. The van der Waals surface area contributed by atoms with Gasteiger partial charge in [0.05, 0.1) is 35.0 Å². The van der Waals surface area contributed by atoms with Crippen molar-refractivity contribution < 1.29 is 27.5 Å². The molecule has 1 aliphatic heterocycles. The Hall–Kier alpha value is -3.85. The smallest absolute Gasteiger partial charge is 0.409 e. The fraction of sp³-hybridized carbons (Fsp3) is 0.241. The molecule has 0 N–H and O–H groups in total. The monoisotopic (exact) mass is 685 g/mol. The van der Waals surface area contributed by atoms with Gasteiger partial charge < -0.3 is 14.4 Å². The number of benzene rings is 3. The summed E-state index contributed by atoms with van der Waals surface area (Å²) < 4.78 is 40.0. The molecule has 0 atom stereocenters. The Labute approximate surface area is 261 Å². The number of hydrogen-bond donors (Lipinski definition) is 0. The number of anilines is 1. The number of sulfonamides is 1. The number of ether oxygens (including phenoxy) is 2. The van der Waals surface area contributed by atoms with Crippen LogP contribution in [0, 0.1) is 0 Å². The summed E-state index contributed by atoms with van der Waals surface area (Å²) in [6.45, 7) is 2.72. The highest BCUT2D eigenvalue weighted by Gasteiger charge is 2.31. The van der Waals surface area contributed by atoms with Gasteiger partial charge in [-0.2, -0.15) is 14.4 Å². The highest BCUT2D eigenvalue weighted by atomic mass is 79.9. The van der Waals surface area contributed by atoms with E-state index in [1.54, 1.807) is 26.3 Å². The number of fused-ring (bicyclic) bond motifs is 1. The zero-order valence-electron chi connectivity index (χ0n) is 23.3. The molecule has 5 rings (SSSR count). The molecule has 1 fully saturated rings. The van der Waals surface area contributed by atoms with Crippen molar-refractivity contribution in [1.29, 1.82) is 0 Å². The van der Waals surface area contributed by atoms with Crippen molar-refractivity contribution >= 4 is 70.9 Å². The second-order valence-electron chi connectivity index (χ2n) is 9.36. The summed E-state index contributed by atoms with van der Waals surface area (Å²) in [5, 5.41) is 6.03. The van der Waals surface area contributed by atoms with Crippen LogP contribution in [0.15, 0.2) is 81.2 Å². The number of aromatic nitrogens is 1. The van der Waals surface area contributed by atoms with Crippen molar-refractivity contribution in [2.45, 2.75) is 11.8 Å². The van der Waals surface area contributed by atoms with Crippen molar-refractivity contribution in [2.75, 3.05) is 44.9 Å². The Bertz CT molecular complexity index is 1750. The third kappa shape index (κ3) is 6.88. The molecule has 14 heteroatoms. The van der Waals surface area contributed by atoms with Gasteiger partial charge in [0.2, 0.25) is 15.2 Å². The Balaban J connectivity index is 1.39. The molecule has 0 aliphatic carbocycles. The molecule has 43 heavy (non-hydrogen) atoms. The molecule has 2 amide bonds. The van der Waals surface area contributed by atoms with Gasteiger partial charge in [0.25, 0.3) is 5.91 Å². The summed E-state index contributed by atoms with van der Waals surface area (Å²) >= 11 is 4.69. The second-order valence-corrected chi connectivity index (χ2v) is 13.2. The number of carbonyl (C=O) groups is 2. The summed E-state index contributed by atoms with van der Waals surface area (Å²) in [4.78, 5) is 31.9. The van der Waals surface area contributed by atoms with Crippen LogP contribution in [0.2, 0.25) is 0 Å². The molecule has 3 aromatic carbocycles. The van der Waals surface area contributed by atoms with Crippen molar-refractivity contribution in [3.63, 3.8) is 0 Å². The van der Waals surface area contributed by atoms with E-state index >= 15 is 0 Å². The maximum atomic E-state index is 13.8. The minimum Gasteiger partial charge on any atom is -0.497 e. The number of methoxy groups -OCH3 is 1. The molecule has 1 aliphatic rings. The van der Waals surface area contributed by atoms with Gasteiger partial charge in [-0.1, -0.05) is 39.4 Å². The van der Waals surface area contributed by atoms with Gasteiger partial charge in [0.1, 0.15) is 5.75 Å². The molecule has 11 nitrogen and oxygen atoms in total. The summed E-state index contributed by atoms with van der Waals surface area (Å²) in [6.07, 6.45) is 1.10. The van der Waals surface area contributed by atoms with Crippen LogP contribution in [0.4, 0.5) is 9.93 Å². The number of nitrogens with zero attached hydrogens (tertiary/aromatic N) is 5. The molecular formula is C29H28BrN5O6S2. The van der Waals surface area contributed by atoms with Crippen LogP contribution in [0.5, 0.6) is 5.75 Å². The van der Waals surface area contributed by atoms with Crippen molar-refractivity contribution in [2.24, 2.45) is 5.10 Å². The Morgan fingerprint density at radius 3 is 2.40 bits per heavy atom. The van der Waals surface area contributed by atoms with E-state index in [0.29, 0.717) is 16.4 Å². The predicted molar refractivity (Wildman–Crippen MR) is 169 cm³/mol. The number of thiazole rings is 1. The van der Waals surface area contributed by atoms with Crippen LogP contribution < -0.4 is 9.75 Å². The van der Waals surface area contributed by atoms with Crippen LogP contribution in [-0.2, 0) is 14.8 Å². The Morgan fingerprint density at radius 2 is 1.74 bits per heavy atom. The molecule has 0 bridgehead atoms. The predicted octanol–water partition coefficient (Wildman–Crippen LogP) is 5.21. The van der Waals surface area contributed by atoms with E-state index in [0.717, 1.165) is 14.7 Å². The molecule has 0 radical (unpaired) electrons. The molecule has 1 aromatic heterocycles. The highest BCUT2D eigenvalue weighted by Crippen LogP contribution is 2.32. The fourth-order valence-electron chi connectivity index (χ4n) is 4.34. The number of halogens is 1. The fourth-order valence-corrected chi connectivity index (χ4v) is 6.98. The standard InChI is InChI=1S/C29H28BrN5O6S2/c1-3-41-29(37)33-14-16-34(17-15-33)43(38,39)24-11-6-21(7-12-24)27(36)35(31-19-20-4-8-22(30)9-5-20)28-32-25-13-10-23(40-2)18-26(25)42-28/h4-13,18-19H,3,14-17H2,1-2H3/b31-19+. The zero-order chi connectivity index (χ0) is 30.6. The maximum Gasteiger partial charge on any atom is 0.409 e. The molecule has 4 aromatic rings. The number of rotatable bonds is 8. The lowest BCUT2D eigenvalue weighted by atomic mass is 10.2. The van der Waals surface area contributed by atoms with Gasteiger partial charge in [-0.05, 0) is 67.1 Å². The first-order valence-electron chi connectivity index (χ1n) is 13.3. The average Bonchev–Trinajstić information content (AvgIpc) is 3.45. The van der Waals surface area contributed by atoms with Gasteiger partial charge in [-0.3, -0.25) is 4.79 Å². The van der Waals surface area contributed by atoms with E-state index in [1.807, 2.05) is 36.4 Å². The van der Waals surface area contributed by atoms with Crippen molar-refractivity contribution in [3.05, 3.63) is 82.3 Å². The SMILES string of the molecule is CCOC(=O)N1CCN(S(=O)(=O)c2ccc(C(=O)N(/N=C/c3ccc(Br)cc3)c3nc4ccc(OC)cc4s3)cc2)CC1.